The Hall–Kier alpha value is -2.18. The van der Waals surface area contributed by atoms with Gasteiger partial charge in [-0.15, -0.1) is 0 Å². The summed E-state index contributed by atoms with van der Waals surface area (Å²) in [4.78, 5) is 23.4. The number of hydrogen-bond acceptors (Lipinski definition) is 2. The number of nitrogens with one attached hydrogen (secondary N) is 1. The summed E-state index contributed by atoms with van der Waals surface area (Å²) in [6.45, 7) is 0. The molecule has 0 aliphatic heterocycles. The third-order valence-electron chi connectivity index (χ3n) is 3.25. The Morgan fingerprint density at radius 3 is 2.29 bits per heavy atom. The minimum atomic E-state index is -1.39. The van der Waals surface area contributed by atoms with Crippen molar-refractivity contribution in [2.75, 3.05) is 0 Å². The van der Waals surface area contributed by atoms with E-state index in [4.69, 9.17) is 23.2 Å². The van der Waals surface area contributed by atoms with Crippen LogP contribution in [0, 0.1) is 11.6 Å². The van der Waals surface area contributed by atoms with Crippen molar-refractivity contribution in [1.82, 2.24) is 5.32 Å². The smallest absolute Gasteiger partial charge is 0.326 e. The van der Waals surface area contributed by atoms with Crippen LogP contribution in [0.2, 0.25) is 10.0 Å². The summed E-state index contributed by atoms with van der Waals surface area (Å²) in [7, 11) is 0. The van der Waals surface area contributed by atoms with Crippen molar-refractivity contribution in [3.63, 3.8) is 0 Å². The van der Waals surface area contributed by atoms with Crippen molar-refractivity contribution >= 4 is 35.1 Å². The molecule has 4 nitrogen and oxygen atoms in total. The Morgan fingerprint density at radius 2 is 1.75 bits per heavy atom. The van der Waals surface area contributed by atoms with E-state index >= 15 is 0 Å². The van der Waals surface area contributed by atoms with Crippen molar-refractivity contribution in [3.05, 3.63) is 69.2 Å². The standard InChI is InChI=1S/C16H11Cl2F2NO3/c17-11-2-1-3-12(18)10(11)7-14(16(23)24)21-15(22)9-5-4-8(19)6-13(9)20/h1-6,14H,7H2,(H,21,22)(H,23,24)/t14-/m0/s1. The second-order valence-electron chi connectivity index (χ2n) is 4.89. The minimum absolute atomic E-state index is 0.192. The van der Waals surface area contributed by atoms with Gasteiger partial charge in [-0.1, -0.05) is 29.3 Å². The Kier molecular flexibility index (Phi) is 5.75. The molecule has 2 N–H and O–H groups in total. The molecule has 0 heterocycles. The molecule has 0 bridgehead atoms. The first-order valence-electron chi connectivity index (χ1n) is 6.71. The minimum Gasteiger partial charge on any atom is -0.480 e. The molecule has 0 saturated heterocycles. The number of carboxylic acid groups (broad SMARTS) is 1. The highest BCUT2D eigenvalue weighted by molar-refractivity contribution is 6.36. The molecule has 0 radical (unpaired) electrons. The van der Waals surface area contributed by atoms with Gasteiger partial charge in [0, 0.05) is 22.5 Å². The van der Waals surface area contributed by atoms with Crippen LogP contribution < -0.4 is 5.32 Å². The molecule has 0 spiro atoms. The number of rotatable bonds is 5. The molecule has 2 rings (SSSR count). The molecule has 2 aromatic carbocycles. The molecule has 0 saturated carbocycles. The topological polar surface area (TPSA) is 66.4 Å². The molecule has 2 aromatic rings. The lowest BCUT2D eigenvalue weighted by atomic mass is 10.0. The summed E-state index contributed by atoms with van der Waals surface area (Å²) < 4.78 is 26.5. The number of halogens is 4. The summed E-state index contributed by atoms with van der Waals surface area (Å²) in [5.41, 5.74) is -0.124. The first kappa shape index (κ1) is 18.2. The average Bonchev–Trinajstić information content (AvgIpc) is 2.49. The van der Waals surface area contributed by atoms with Crippen LogP contribution in [-0.2, 0) is 11.2 Å². The molecule has 0 fully saturated rings. The van der Waals surface area contributed by atoms with E-state index in [2.05, 4.69) is 5.32 Å². The zero-order chi connectivity index (χ0) is 17.9. The first-order valence-corrected chi connectivity index (χ1v) is 7.46. The van der Waals surface area contributed by atoms with Crippen molar-refractivity contribution < 1.29 is 23.5 Å². The van der Waals surface area contributed by atoms with Gasteiger partial charge in [0.2, 0.25) is 0 Å². The molecular weight excluding hydrogens is 363 g/mol. The Bertz CT molecular complexity index is 779. The Morgan fingerprint density at radius 1 is 1.12 bits per heavy atom. The number of carboxylic acids is 1. The fourth-order valence-electron chi connectivity index (χ4n) is 2.04. The zero-order valence-electron chi connectivity index (χ0n) is 12.0. The van der Waals surface area contributed by atoms with Gasteiger partial charge in [-0.25, -0.2) is 13.6 Å². The van der Waals surface area contributed by atoms with Gasteiger partial charge in [0.05, 0.1) is 5.56 Å². The monoisotopic (exact) mass is 373 g/mol. The number of amides is 1. The van der Waals surface area contributed by atoms with Gasteiger partial charge in [0.1, 0.15) is 17.7 Å². The van der Waals surface area contributed by atoms with E-state index in [1.165, 1.54) is 12.1 Å². The first-order chi connectivity index (χ1) is 11.3. The number of hydrogen-bond donors (Lipinski definition) is 2. The van der Waals surface area contributed by atoms with Gasteiger partial charge >= 0.3 is 5.97 Å². The van der Waals surface area contributed by atoms with Gasteiger partial charge in [-0.05, 0) is 29.8 Å². The summed E-state index contributed by atoms with van der Waals surface area (Å²) >= 11 is 12.0. The highest BCUT2D eigenvalue weighted by atomic mass is 35.5. The highest BCUT2D eigenvalue weighted by Crippen LogP contribution is 2.25. The quantitative estimate of drug-likeness (QED) is 0.839. The van der Waals surface area contributed by atoms with E-state index < -0.39 is 35.1 Å². The van der Waals surface area contributed by atoms with E-state index in [0.29, 0.717) is 11.6 Å². The van der Waals surface area contributed by atoms with Gasteiger partial charge < -0.3 is 10.4 Å². The van der Waals surface area contributed by atoms with E-state index in [1.807, 2.05) is 0 Å². The van der Waals surface area contributed by atoms with Crippen LogP contribution in [0.25, 0.3) is 0 Å². The molecule has 0 aromatic heterocycles. The summed E-state index contributed by atoms with van der Waals surface area (Å²) in [5.74, 6) is -4.26. The van der Waals surface area contributed by atoms with Gasteiger partial charge in [0.15, 0.2) is 0 Å². The van der Waals surface area contributed by atoms with Crippen LogP contribution in [0.15, 0.2) is 36.4 Å². The molecular formula is C16H11Cl2F2NO3. The van der Waals surface area contributed by atoms with E-state index in [0.717, 1.165) is 12.1 Å². The zero-order valence-corrected chi connectivity index (χ0v) is 13.5. The van der Waals surface area contributed by atoms with E-state index in [9.17, 15) is 23.5 Å². The SMILES string of the molecule is O=C(N[C@@H](Cc1c(Cl)cccc1Cl)C(=O)O)c1ccc(F)cc1F. The normalized spacial score (nSPS) is 11.8. The van der Waals surface area contributed by atoms with Crippen LogP contribution >= 0.6 is 23.2 Å². The molecule has 1 atom stereocenters. The van der Waals surface area contributed by atoms with Crippen LogP contribution in [0.4, 0.5) is 8.78 Å². The maximum absolute atomic E-state index is 13.6. The van der Waals surface area contributed by atoms with Gasteiger partial charge in [0.25, 0.3) is 5.91 Å². The lowest BCUT2D eigenvalue weighted by Crippen LogP contribution is -2.42. The average molecular weight is 374 g/mol. The van der Waals surface area contributed by atoms with Crippen LogP contribution in [0.1, 0.15) is 15.9 Å². The molecule has 0 aliphatic rings. The molecule has 126 valence electrons. The van der Waals surface area contributed by atoms with E-state index in [-0.39, 0.29) is 16.5 Å². The highest BCUT2D eigenvalue weighted by Gasteiger charge is 2.24. The summed E-state index contributed by atoms with van der Waals surface area (Å²) in [5, 5.41) is 11.9. The van der Waals surface area contributed by atoms with Crippen LogP contribution in [0.3, 0.4) is 0 Å². The number of carbonyl (C=O) groups is 2. The van der Waals surface area contributed by atoms with Gasteiger partial charge in [-0.2, -0.15) is 0 Å². The third-order valence-corrected chi connectivity index (χ3v) is 3.96. The molecule has 24 heavy (non-hydrogen) atoms. The van der Waals surface area contributed by atoms with Crippen LogP contribution in [0.5, 0.6) is 0 Å². The second-order valence-corrected chi connectivity index (χ2v) is 5.71. The third kappa shape index (κ3) is 4.21. The van der Waals surface area contributed by atoms with Crippen LogP contribution in [-0.4, -0.2) is 23.0 Å². The fourth-order valence-corrected chi connectivity index (χ4v) is 2.59. The molecule has 0 unspecified atom stereocenters. The van der Waals surface area contributed by atoms with Crippen molar-refractivity contribution in [2.24, 2.45) is 0 Å². The maximum atomic E-state index is 13.6. The van der Waals surface area contributed by atoms with Gasteiger partial charge in [-0.3, -0.25) is 4.79 Å². The Labute approximate surface area is 146 Å². The lowest BCUT2D eigenvalue weighted by molar-refractivity contribution is -0.139. The lowest BCUT2D eigenvalue weighted by Gasteiger charge is -2.16. The van der Waals surface area contributed by atoms with E-state index in [1.54, 1.807) is 6.07 Å². The predicted molar refractivity (Wildman–Crippen MR) is 85.4 cm³/mol. The fraction of sp³-hybridized carbons (Fsp3) is 0.125. The Balaban J connectivity index is 2.23. The number of aliphatic carboxylic acids is 1. The molecule has 1 amide bonds. The van der Waals surface area contributed by atoms with Crippen molar-refractivity contribution in [3.8, 4) is 0 Å². The summed E-state index contributed by atoms with van der Waals surface area (Å²) in [6, 6.07) is 5.64. The number of benzene rings is 2. The van der Waals surface area contributed by atoms with Crippen molar-refractivity contribution in [1.29, 1.82) is 0 Å². The second kappa shape index (κ2) is 7.59. The summed E-state index contributed by atoms with van der Waals surface area (Å²) in [6.07, 6.45) is -0.192. The largest absolute Gasteiger partial charge is 0.480 e. The molecule has 0 aliphatic carbocycles. The maximum Gasteiger partial charge on any atom is 0.326 e. The van der Waals surface area contributed by atoms with Crippen molar-refractivity contribution in [2.45, 2.75) is 12.5 Å². The predicted octanol–water partition coefficient (Wildman–Crippen LogP) is 3.70. The number of carbonyl (C=O) groups excluding carboxylic acids is 1. The molecule has 8 heteroatoms.